The van der Waals surface area contributed by atoms with Crippen molar-refractivity contribution in [2.75, 3.05) is 18.4 Å². The zero-order valence-electron chi connectivity index (χ0n) is 13.6. The molecular weight excluding hydrogens is 323 g/mol. The van der Waals surface area contributed by atoms with Gasteiger partial charge < -0.3 is 15.3 Å². The van der Waals surface area contributed by atoms with Crippen LogP contribution in [0.3, 0.4) is 0 Å². The van der Waals surface area contributed by atoms with E-state index in [-0.39, 0.29) is 23.3 Å². The summed E-state index contributed by atoms with van der Waals surface area (Å²) in [5.74, 6) is -1.46. The van der Waals surface area contributed by atoms with Gasteiger partial charge in [0, 0.05) is 30.4 Å². The molecule has 1 heterocycles. The molecule has 0 spiro atoms. The summed E-state index contributed by atoms with van der Waals surface area (Å²) in [6, 6.07) is 12.5. The topological polar surface area (TPSA) is 69.6 Å². The molecule has 130 valence electrons. The first kappa shape index (κ1) is 17.0. The minimum Gasteiger partial charge on any atom is -0.478 e. The van der Waals surface area contributed by atoms with Crippen LogP contribution >= 0.6 is 0 Å². The van der Waals surface area contributed by atoms with Crippen LogP contribution in [0.4, 0.5) is 10.1 Å². The summed E-state index contributed by atoms with van der Waals surface area (Å²) in [7, 11) is 0. The lowest BCUT2D eigenvalue weighted by atomic mass is 10.0. The lowest BCUT2D eigenvalue weighted by molar-refractivity contribution is 0.0697. The Morgan fingerprint density at radius 3 is 2.32 bits per heavy atom. The average Bonchev–Trinajstić information content (AvgIpc) is 2.64. The number of carbonyl (C=O) groups is 2. The predicted molar refractivity (Wildman–Crippen MR) is 92.3 cm³/mol. The Bertz CT molecular complexity index is 768. The van der Waals surface area contributed by atoms with E-state index in [9.17, 15) is 14.0 Å². The van der Waals surface area contributed by atoms with Gasteiger partial charge in [-0.05, 0) is 55.3 Å². The van der Waals surface area contributed by atoms with Gasteiger partial charge in [-0.2, -0.15) is 0 Å². The zero-order valence-corrected chi connectivity index (χ0v) is 13.6. The molecule has 2 aromatic carbocycles. The molecule has 1 saturated heterocycles. The summed E-state index contributed by atoms with van der Waals surface area (Å²) in [5, 5.41) is 12.4. The Morgan fingerprint density at radius 1 is 1.04 bits per heavy atom. The highest BCUT2D eigenvalue weighted by atomic mass is 19.1. The SMILES string of the molecule is O=C(O)c1cccc(C(=O)N2CCC(Nc3ccc(F)cc3)CC2)c1. The fourth-order valence-electron chi connectivity index (χ4n) is 2.98. The van der Waals surface area contributed by atoms with Crippen LogP contribution in [0.25, 0.3) is 0 Å². The maximum atomic E-state index is 12.9. The van der Waals surface area contributed by atoms with Gasteiger partial charge >= 0.3 is 5.97 Å². The Labute approximate surface area is 145 Å². The van der Waals surface area contributed by atoms with Gasteiger partial charge in [-0.1, -0.05) is 6.07 Å². The lowest BCUT2D eigenvalue weighted by Crippen LogP contribution is -2.42. The van der Waals surface area contributed by atoms with Crippen molar-refractivity contribution in [2.24, 2.45) is 0 Å². The van der Waals surface area contributed by atoms with Crippen LogP contribution in [0.2, 0.25) is 0 Å². The molecule has 3 rings (SSSR count). The third-order valence-electron chi connectivity index (χ3n) is 4.35. The van der Waals surface area contributed by atoms with Gasteiger partial charge in [0.25, 0.3) is 5.91 Å². The molecule has 0 saturated carbocycles. The van der Waals surface area contributed by atoms with Crippen LogP contribution in [-0.4, -0.2) is 41.0 Å². The number of carboxylic acids is 1. The first-order valence-corrected chi connectivity index (χ1v) is 8.17. The number of halogens is 1. The minimum absolute atomic E-state index is 0.110. The van der Waals surface area contributed by atoms with Crippen LogP contribution in [-0.2, 0) is 0 Å². The molecule has 0 bridgehead atoms. The molecule has 0 aliphatic carbocycles. The number of hydrogen-bond acceptors (Lipinski definition) is 3. The van der Waals surface area contributed by atoms with Crippen molar-refractivity contribution < 1.29 is 19.1 Å². The Morgan fingerprint density at radius 2 is 1.68 bits per heavy atom. The fourth-order valence-corrected chi connectivity index (χ4v) is 2.98. The number of nitrogens with one attached hydrogen (secondary N) is 1. The summed E-state index contributed by atoms with van der Waals surface area (Å²) in [5.41, 5.74) is 1.36. The molecular formula is C19H19FN2O3. The molecule has 0 unspecified atom stereocenters. The molecule has 2 N–H and O–H groups in total. The Hall–Kier alpha value is -2.89. The van der Waals surface area contributed by atoms with Crippen molar-refractivity contribution in [1.29, 1.82) is 0 Å². The smallest absolute Gasteiger partial charge is 0.335 e. The molecule has 2 aromatic rings. The van der Waals surface area contributed by atoms with E-state index in [1.165, 1.54) is 24.3 Å². The first-order valence-electron chi connectivity index (χ1n) is 8.17. The maximum absolute atomic E-state index is 12.9. The molecule has 6 heteroatoms. The molecule has 1 aliphatic heterocycles. The molecule has 0 aromatic heterocycles. The summed E-state index contributed by atoms with van der Waals surface area (Å²) in [4.78, 5) is 25.3. The van der Waals surface area contributed by atoms with Crippen molar-refractivity contribution >= 4 is 17.6 Å². The van der Waals surface area contributed by atoms with Crippen LogP contribution in [0.15, 0.2) is 48.5 Å². The normalized spacial score (nSPS) is 15.0. The van der Waals surface area contributed by atoms with Crippen LogP contribution in [0, 0.1) is 5.82 Å². The van der Waals surface area contributed by atoms with Gasteiger partial charge in [0.1, 0.15) is 5.82 Å². The number of aromatic carboxylic acids is 1. The fraction of sp³-hybridized carbons (Fsp3) is 0.263. The molecule has 25 heavy (non-hydrogen) atoms. The minimum atomic E-state index is -1.04. The number of anilines is 1. The monoisotopic (exact) mass is 342 g/mol. The maximum Gasteiger partial charge on any atom is 0.335 e. The van der Waals surface area contributed by atoms with Crippen molar-refractivity contribution in [1.82, 2.24) is 4.90 Å². The number of carbonyl (C=O) groups excluding carboxylic acids is 1. The number of benzene rings is 2. The number of likely N-dealkylation sites (tertiary alicyclic amines) is 1. The molecule has 1 amide bonds. The first-order chi connectivity index (χ1) is 12.0. The second-order valence-corrected chi connectivity index (χ2v) is 6.10. The number of amides is 1. The van der Waals surface area contributed by atoms with Gasteiger partial charge in [0.2, 0.25) is 0 Å². The second kappa shape index (κ2) is 7.34. The van der Waals surface area contributed by atoms with Crippen molar-refractivity contribution in [3.63, 3.8) is 0 Å². The third kappa shape index (κ3) is 4.15. The summed E-state index contributed by atoms with van der Waals surface area (Å²) in [6.45, 7) is 1.18. The Balaban J connectivity index is 1.58. The summed E-state index contributed by atoms with van der Waals surface area (Å²) >= 11 is 0. The highest BCUT2D eigenvalue weighted by Crippen LogP contribution is 2.19. The number of hydrogen-bond donors (Lipinski definition) is 2. The van der Waals surface area contributed by atoms with Crippen molar-refractivity contribution in [3.05, 3.63) is 65.5 Å². The molecule has 1 aliphatic rings. The van der Waals surface area contributed by atoms with Gasteiger partial charge in [-0.3, -0.25) is 4.79 Å². The van der Waals surface area contributed by atoms with E-state index in [4.69, 9.17) is 5.11 Å². The van der Waals surface area contributed by atoms with E-state index in [0.29, 0.717) is 18.7 Å². The summed E-state index contributed by atoms with van der Waals surface area (Å²) < 4.78 is 12.9. The van der Waals surface area contributed by atoms with Gasteiger partial charge in [-0.25, -0.2) is 9.18 Å². The number of nitrogens with zero attached hydrogens (tertiary/aromatic N) is 1. The van der Waals surface area contributed by atoms with E-state index in [1.54, 1.807) is 29.2 Å². The second-order valence-electron chi connectivity index (χ2n) is 6.10. The van der Waals surface area contributed by atoms with Gasteiger partial charge in [0.05, 0.1) is 5.56 Å². The standard InChI is InChI=1S/C19H19FN2O3/c20-15-4-6-16(7-5-15)21-17-8-10-22(11-9-17)18(23)13-2-1-3-14(12-13)19(24)25/h1-7,12,17,21H,8-11H2,(H,24,25). The van der Waals surface area contributed by atoms with Gasteiger partial charge in [-0.15, -0.1) is 0 Å². The van der Waals surface area contributed by atoms with E-state index in [2.05, 4.69) is 5.32 Å². The van der Waals surface area contributed by atoms with Crippen molar-refractivity contribution in [3.8, 4) is 0 Å². The van der Waals surface area contributed by atoms with Crippen LogP contribution < -0.4 is 5.32 Å². The molecule has 0 atom stereocenters. The number of rotatable bonds is 4. The average molecular weight is 342 g/mol. The molecule has 0 radical (unpaired) electrons. The number of carboxylic acid groups (broad SMARTS) is 1. The molecule has 5 nitrogen and oxygen atoms in total. The largest absolute Gasteiger partial charge is 0.478 e. The van der Waals surface area contributed by atoms with Crippen LogP contribution in [0.5, 0.6) is 0 Å². The lowest BCUT2D eigenvalue weighted by Gasteiger charge is -2.33. The Kier molecular flexibility index (Phi) is 4.97. The zero-order chi connectivity index (χ0) is 17.8. The van der Waals surface area contributed by atoms with E-state index < -0.39 is 5.97 Å². The molecule has 1 fully saturated rings. The highest BCUT2D eigenvalue weighted by Gasteiger charge is 2.24. The van der Waals surface area contributed by atoms with E-state index in [0.717, 1.165) is 18.5 Å². The van der Waals surface area contributed by atoms with E-state index in [1.807, 2.05) is 0 Å². The third-order valence-corrected chi connectivity index (χ3v) is 4.35. The quantitative estimate of drug-likeness (QED) is 0.895. The number of piperidine rings is 1. The summed E-state index contributed by atoms with van der Waals surface area (Å²) in [6.07, 6.45) is 1.56. The predicted octanol–water partition coefficient (Wildman–Crippen LogP) is 3.24. The van der Waals surface area contributed by atoms with Crippen molar-refractivity contribution in [2.45, 2.75) is 18.9 Å². The highest BCUT2D eigenvalue weighted by molar-refractivity contribution is 5.97. The van der Waals surface area contributed by atoms with Gasteiger partial charge in [0.15, 0.2) is 0 Å². The van der Waals surface area contributed by atoms with E-state index >= 15 is 0 Å². The van der Waals surface area contributed by atoms with Crippen LogP contribution in [0.1, 0.15) is 33.6 Å².